The molecule has 38 heavy (non-hydrogen) atoms. The number of aliphatic hydroxyl groups is 1. The summed E-state index contributed by atoms with van der Waals surface area (Å²) in [4.78, 5) is 16.0. The van der Waals surface area contributed by atoms with Crippen molar-refractivity contribution in [3.63, 3.8) is 0 Å². The summed E-state index contributed by atoms with van der Waals surface area (Å²) in [7, 11) is 4.08. The maximum atomic E-state index is 13.9. The van der Waals surface area contributed by atoms with Crippen molar-refractivity contribution in [1.29, 1.82) is 0 Å². The van der Waals surface area contributed by atoms with E-state index < -0.39 is 0 Å². The molecule has 0 saturated heterocycles. The SMILES string of the molecule is CN(C)CCOC(=O)C12CCC(C)(C)CC1C1=CCC3C4(C)CCC(O)C(C)(C)C4CCC3(C)C1(C)CC2. The van der Waals surface area contributed by atoms with Gasteiger partial charge in [0.15, 0.2) is 0 Å². The number of carbonyl (C=O) groups excluding carboxylic acids is 1. The van der Waals surface area contributed by atoms with Gasteiger partial charge in [0.25, 0.3) is 0 Å². The van der Waals surface area contributed by atoms with Gasteiger partial charge in [0, 0.05) is 6.54 Å². The van der Waals surface area contributed by atoms with Crippen molar-refractivity contribution in [3.8, 4) is 0 Å². The average molecular weight is 528 g/mol. The Morgan fingerprint density at radius 2 is 1.63 bits per heavy atom. The number of allylic oxidation sites excluding steroid dienone is 2. The van der Waals surface area contributed by atoms with E-state index >= 15 is 0 Å². The normalized spacial score (nSPS) is 47.2. The van der Waals surface area contributed by atoms with E-state index in [1.807, 2.05) is 14.1 Å². The van der Waals surface area contributed by atoms with Gasteiger partial charge in [-0.2, -0.15) is 0 Å². The van der Waals surface area contributed by atoms with Crippen LogP contribution in [0.2, 0.25) is 0 Å². The van der Waals surface area contributed by atoms with Gasteiger partial charge < -0.3 is 14.7 Å². The molecule has 0 aliphatic heterocycles. The van der Waals surface area contributed by atoms with Gasteiger partial charge in [-0.3, -0.25) is 4.79 Å². The van der Waals surface area contributed by atoms with Crippen LogP contribution in [0.5, 0.6) is 0 Å². The van der Waals surface area contributed by atoms with Crippen LogP contribution >= 0.6 is 0 Å². The highest BCUT2D eigenvalue weighted by Crippen LogP contribution is 2.75. The minimum atomic E-state index is -0.353. The molecule has 0 amide bonds. The molecule has 0 aromatic heterocycles. The van der Waals surface area contributed by atoms with E-state index in [0.717, 1.165) is 57.9 Å². The second kappa shape index (κ2) is 9.07. The average Bonchev–Trinajstić information content (AvgIpc) is 2.81. The number of likely N-dealkylation sites (N-methyl/N-ethyl adjacent to an activating group) is 1. The molecule has 0 bridgehead atoms. The molecule has 0 aromatic carbocycles. The summed E-state index contributed by atoms with van der Waals surface area (Å²) in [5.41, 5.74) is 2.09. The molecule has 4 heteroatoms. The molecule has 0 heterocycles. The first-order chi connectivity index (χ1) is 17.5. The Hall–Kier alpha value is -0.870. The molecule has 4 saturated carbocycles. The fourth-order valence-corrected chi connectivity index (χ4v) is 11.1. The molecule has 216 valence electrons. The number of carbonyl (C=O) groups is 1. The van der Waals surface area contributed by atoms with Gasteiger partial charge in [-0.05, 0) is 123 Å². The van der Waals surface area contributed by atoms with Crippen molar-refractivity contribution in [2.75, 3.05) is 27.2 Å². The predicted octanol–water partition coefficient (Wildman–Crippen LogP) is 7.25. The molecule has 8 unspecified atom stereocenters. The van der Waals surface area contributed by atoms with E-state index in [4.69, 9.17) is 4.74 Å². The Balaban J connectivity index is 1.53. The quantitative estimate of drug-likeness (QED) is 0.309. The lowest BCUT2D eigenvalue weighted by molar-refractivity contribution is -0.206. The standard InChI is InChI=1S/C34H57NO3/c1-29(2)16-18-34(28(37)38-21-20-35(8)9)19-17-32(6)23(24(34)22-29)10-11-26-31(5)14-13-27(36)30(3,4)25(31)12-15-33(26,32)7/h10,24-27,36H,11-22H2,1-9H3. The lowest BCUT2D eigenvalue weighted by Gasteiger charge is -2.71. The van der Waals surface area contributed by atoms with Gasteiger partial charge in [-0.15, -0.1) is 0 Å². The number of esters is 1. The Labute approximate surface area is 233 Å². The zero-order valence-electron chi connectivity index (χ0n) is 26.1. The van der Waals surface area contributed by atoms with E-state index in [2.05, 4.69) is 59.4 Å². The third-order valence-corrected chi connectivity index (χ3v) is 13.8. The fraction of sp³-hybridized carbons (Fsp3) is 0.912. The highest BCUT2D eigenvalue weighted by molar-refractivity contribution is 5.78. The zero-order chi connectivity index (χ0) is 27.9. The number of ether oxygens (including phenoxy) is 1. The second-order valence-corrected chi connectivity index (χ2v) is 16.7. The third-order valence-electron chi connectivity index (χ3n) is 13.8. The molecule has 5 aliphatic rings. The molecule has 4 fully saturated rings. The second-order valence-electron chi connectivity index (χ2n) is 16.7. The van der Waals surface area contributed by atoms with Gasteiger partial charge >= 0.3 is 5.97 Å². The molecule has 0 aromatic rings. The molecule has 4 nitrogen and oxygen atoms in total. The van der Waals surface area contributed by atoms with Crippen LogP contribution in [-0.2, 0) is 9.53 Å². The Morgan fingerprint density at radius 1 is 0.947 bits per heavy atom. The highest BCUT2D eigenvalue weighted by atomic mass is 16.5. The largest absolute Gasteiger partial charge is 0.464 e. The summed E-state index contributed by atoms with van der Waals surface area (Å²) in [6.07, 6.45) is 13.3. The maximum absolute atomic E-state index is 13.9. The van der Waals surface area contributed by atoms with Gasteiger partial charge in [0.2, 0.25) is 0 Å². The van der Waals surface area contributed by atoms with Crippen molar-refractivity contribution < 1.29 is 14.6 Å². The number of rotatable bonds is 4. The van der Waals surface area contributed by atoms with Crippen LogP contribution in [0.1, 0.15) is 113 Å². The van der Waals surface area contributed by atoms with E-state index in [0.29, 0.717) is 24.4 Å². The molecule has 1 N–H and O–H groups in total. The van der Waals surface area contributed by atoms with E-state index in [9.17, 15) is 9.90 Å². The summed E-state index contributed by atoms with van der Waals surface area (Å²) in [5, 5.41) is 11.0. The van der Waals surface area contributed by atoms with Crippen LogP contribution in [-0.4, -0.2) is 49.3 Å². The molecule has 0 radical (unpaired) electrons. The van der Waals surface area contributed by atoms with Crippen molar-refractivity contribution in [2.45, 2.75) is 119 Å². The number of aliphatic hydroxyl groups excluding tert-OH is 1. The molecule has 8 atom stereocenters. The number of nitrogens with zero attached hydrogens (tertiary/aromatic N) is 1. The summed E-state index contributed by atoms with van der Waals surface area (Å²) in [6.45, 7) is 18.5. The topological polar surface area (TPSA) is 49.8 Å². The van der Waals surface area contributed by atoms with Crippen LogP contribution in [0, 0.1) is 50.2 Å². The minimum Gasteiger partial charge on any atom is -0.464 e. The summed E-state index contributed by atoms with van der Waals surface area (Å²) >= 11 is 0. The van der Waals surface area contributed by atoms with Crippen molar-refractivity contribution in [1.82, 2.24) is 4.90 Å². The van der Waals surface area contributed by atoms with Crippen molar-refractivity contribution in [3.05, 3.63) is 11.6 Å². The molecule has 0 spiro atoms. The monoisotopic (exact) mass is 527 g/mol. The zero-order valence-corrected chi connectivity index (χ0v) is 26.1. The molecule has 5 rings (SSSR count). The molecule has 5 aliphatic carbocycles. The molecular formula is C34H57NO3. The molecular weight excluding hydrogens is 470 g/mol. The first-order valence-electron chi connectivity index (χ1n) is 15.7. The van der Waals surface area contributed by atoms with Gasteiger partial charge in [-0.1, -0.05) is 60.1 Å². The smallest absolute Gasteiger partial charge is 0.312 e. The summed E-state index contributed by atoms with van der Waals surface area (Å²) < 4.78 is 6.05. The van der Waals surface area contributed by atoms with Gasteiger partial charge in [-0.25, -0.2) is 0 Å². The van der Waals surface area contributed by atoms with E-state index in [-0.39, 0.29) is 44.6 Å². The maximum Gasteiger partial charge on any atom is 0.312 e. The number of fused-ring (bicyclic) bond motifs is 7. The Morgan fingerprint density at radius 3 is 2.32 bits per heavy atom. The third kappa shape index (κ3) is 3.92. The Kier molecular flexibility index (Phi) is 6.84. The lowest BCUT2D eigenvalue weighted by atomic mass is 9.33. The van der Waals surface area contributed by atoms with Crippen LogP contribution in [0.4, 0.5) is 0 Å². The van der Waals surface area contributed by atoms with Crippen LogP contribution < -0.4 is 0 Å². The lowest BCUT2D eigenvalue weighted by Crippen LogP contribution is -2.65. The fourth-order valence-electron chi connectivity index (χ4n) is 11.1. The van der Waals surface area contributed by atoms with Gasteiger partial charge in [0.1, 0.15) is 6.61 Å². The van der Waals surface area contributed by atoms with Crippen LogP contribution in [0.25, 0.3) is 0 Å². The van der Waals surface area contributed by atoms with Crippen molar-refractivity contribution in [2.24, 2.45) is 50.2 Å². The predicted molar refractivity (Wildman–Crippen MR) is 155 cm³/mol. The first-order valence-corrected chi connectivity index (χ1v) is 15.7. The van der Waals surface area contributed by atoms with Crippen LogP contribution in [0.3, 0.4) is 0 Å². The van der Waals surface area contributed by atoms with Crippen molar-refractivity contribution >= 4 is 5.97 Å². The number of hydrogen-bond acceptors (Lipinski definition) is 4. The first kappa shape index (κ1) is 28.7. The summed E-state index contributed by atoms with van der Waals surface area (Å²) in [5.74, 6) is 1.57. The highest BCUT2D eigenvalue weighted by Gasteiger charge is 2.69. The van der Waals surface area contributed by atoms with E-state index in [1.54, 1.807) is 5.57 Å². The number of hydrogen-bond donors (Lipinski definition) is 1. The minimum absolute atomic E-state index is 0.0232. The van der Waals surface area contributed by atoms with Crippen LogP contribution in [0.15, 0.2) is 11.6 Å². The summed E-state index contributed by atoms with van der Waals surface area (Å²) in [6, 6.07) is 0. The van der Waals surface area contributed by atoms with Gasteiger partial charge in [0.05, 0.1) is 11.5 Å². The Bertz CT molecular complexity index is 982. The van der Waals surface area contributed by atoms with E-state index in [1.165, 1.54) is 12.8 Å².